The van der Waals surface area contributed by atoms with Crippen LogP contribution in [0, 0.1) is 0 Å². The van der Waals surface area contributed by atoms with Crippen molar-refractivity contribution in [3.8, 4) is 11.5 Å². The van der Waals surface area contributed by atoms with E-state index < -0.39 is 0 Å². The van der Waals surface area contributed by atoms with Crippen molar-refractivity contribution in [3.63, 3.8) is 0 Å². The van der Waals surface area contributed by atoms with Crippen LogP contribution >= 0.6 is 0 Å². The number of aryl methyl sites for hydroxylation is 1. The minimum absolute atomic E-state index is 0.00365. The predicted octanol–water partition coefficient (Wildman–Crippen LogP) is 2.85. The lowest BCUT2D eigenvalue weighted by Crippen LogP contribution is -1.98. The fraction of sp³-hybridized carbons (Fsp3) is 0.538. The van der Waals surface area contributed by atoms with Crippen LogP contribution in [0.4, 0.5) is 0 Å². The Bertz CT molecular complexity index is 310. The van der Waals surface area contributed by atoms with Gasteiger partial charge in [-0.15, -0.1) is 0 Å². The Hall–Kier alpha value is -1.22. The van der Waals surface area contributed by atoms with Crippen molar-refractivity contribution < 1.29 is 14.9 Å². The van der Waals surface area contributed by atoms with Crippen molar-refractivity contribution in [3.05, 3.63) is 23.8 Å². The minimum Gasteiger partial charge on any atom is -0.504 e. The van der Waals surface area contributed by atoms with Crippen LogP contribution in [0.1, 0.15) is 31.7 Å². The molecule has 0 radical (unpaired) electrons. The number of benzene rings is 1. The number of aromatic hydroxyl groups is 2. The maximum absolute atomic E-state index is 9.55. The molecule has 0 aliphatic heterocycles. The van der Waals surface area contributed by atoms with E-state index in [0.29, 0.717) is 6.61 Å². The van der Waals surface area contributed by atoms with Crippen molar-refractivity contribution in [2.45, 2.75) is 32.6 Å². The summed E-state index contributed by atoms with van der Waals surface area (Å²) in [7, 11) is 0. The van der Waals surface area contributed by atoms with Gasteiger partial charge in [-0.2, -0.15) is 0 Å². The molecule has 1 rings (SSSR count). The number of rotatable bonds is 7. The third-order valence-electron chi connectivity index (χ3n) is 2.48. The highest BCUT2D eigenvalue weighted by Crippen LogP contribution is 2.28. The molecule has 0 saturated heterocycles. The summed E-state index contributed by atoms with van der Waals surface area (Å²) >= 11 is 0. The molecule has 0 amide bonds. The second kappa shape index (κ2) is 7.12. The third kappa shape index (κ3) is 4.11. The zero-order valence-electron chi connectivity index (χ0n) is 9.78. The van der Waals surface area contributed by atoms with E-state index in [1.54, 1.807) is 6.07 Å². The molecular formula is C13H20O3. The first-order valence-corrected chi connectivity index (χ1v) is 5.83. The topological polar surface area (TPSA) is 49.7 Å². The standard InChI is InChI=1S/C13H20O3/c1-2-3-9-16-10-5-7-11-6-4-8-12(14)13(11)15/h4,6,8,14-15H,2-3,5,7,9-10H2,1H3. The van der Waals surface area contributed by atoms with Gasteiger partial charge in [-0.05, 0) is 30.9 Å². The molecule has 0 saturated carbocycles. The molecule has 0 heterocycles. The molecular weight excluding hydrogens is 204 g/mol. The van der Waals surface area contributed by atoms with Crippen molar-refractivity contribution in [2.24, 2.45) is 0 Å². The molecule has 1 aromatic carbocycles. The van der Waals surface area contributed by atoms with Crippen LogP contribution in [0.2, 0.25) is 0 Å². The number of phenolic OH excluding ortho intramolecular Hbond substituents is 2. The van der Waals surface area contributed by atoms with Crippen molar-refractivity contribution in [2.75, 3.05) is 13.2 Å². The predicted molar refractivity (Wildman–Crippen MR) is 63.8 cm³/mol. The largest absolute Gasteiger partial charge is 0.504 e. The van der Waals surface area contributed by atoms with Crippen LogP contribution in [0.15, 0.2) is 18.2 Å². The van der Waals surface area contributed by atoms with E-state index in [9.17, 15) is 10.2 Å². The molecule has 0 atom stereocenters. The zero-order valence-corrected chi connectivity index (χ0v) is 9.78. The average molecular weight is 224 g/mol. The van der Waals surface area contributed by atoms with E-state index in [1.807, 2.05) is 6.07 Å². The van der Waals surface area contributed by atoms with Crippen LogP contribution in [0.5, 0.6) is 11.5 Å². The molecule has 0 aromatic heterocycles. The molecule has 3 heteroatoms. The summed E-state index contributed by atoms with van der Waals surface area (Å²) in [5.74, 6) is -0.0551. The molecule has 0 aliphatic rings. The summed E-state index contributed by atoms with van der Waals surface area (Å²) in [6, 6.07) is 5.04. The first-order chi connectivity index (χ1) is 7.75. The van der Waals surface area contributed by atoms with Gasteiger partial charge in [0.1, 0.15) is 0 Å². The van der Waals surface area contributed by atoms with Gasteiger partial charge in [0, 0.05) is 13.2 Å². The lowest BCUT2D eigenvalue weighted by atomic mass is 10.1. The fourth-order valence-corrected chi connectivity index (χ4v) is 1.49. The molecule has 0 fully saturated rings. The molecule has 1 aromatic rings. The Morgan fingerprint density at radius 3 is 2.62 bits per heavy atom. The number of unbranched alkanes of at least 4 members (excludes halogenated alkanes) is 1. The summed E-state index contributed by atoms with van der Waals surface area (Å²) in [6.45, 7) is 3.64. The molecule has 0 bridgehead atoms. The monoisotopic (exact) mass is 224 g/mol. The zero-order chi connectivity index (χ0) is 11.8. The van der Waals surface area contributed by atoms with Gasteiger partial charge < -0.3 is 14.9 Å². The first kappa shape index (κ1) is 12.8. The number of phenols is 2. The Balaban J connectivity index is 2.24. The minimum atomic E-state index is -0.0515. The van der Waals surface area contributed by atoms with Gasteiger partial charge in [-0.3, -0.25) is 0 Å². The number of para-hydroxylation sites is 1. The summed E-state index contributed by atoms with van der Waals surface area (Å²) in [4.78, 5) is 0. The molecule has 2 N–H and O–H groups in total. The summed E-state index contributed by atoms with van der Waals surface area (Å²) < 4.78 is 5.42. The molecule has 16 heavy (non-hydrogen) atoms. The molecule has 0 spiro atoms. The van der Waals surface area contributed by atoms with Crippen LogP contribution in [0.25, 0.3) is 0 Å². The van der Waals surface area contributed by atoms with Gasteiger partial charge in [-0.25, -0.2) is 0 Å². The van der Waals surface area contributed by atoms with Crippen LogP contribution in [-0.2, 0) is 11.2 Å². The summed E-state index contributed by atoms with van der Waals surface area (Å²) in [5.41, 5.74) is 0.777. The highest BCUT2D eigenvalue weighted by atomic mass is 16.5. The second-order valence-corrected chi connectivity index (χ2v) is 3.85. The summed E-state index contributed by atoms with van der Waals surface area (Å²) in [5, 5.41) is 18.8. The van der Waals surface area contributed by atoms with Gasteiger partial charge in [0.05, 0.1) is 0 Å². The van der Waals surface area contributed by atoms with E-state index in [1.165, 1.54) is 6.07 Å². The van der Waals surface area contributed by atoms with Crippen molar-refractivity contribution >= 4 is 0 Å². The maximum Gasteiger partial charge on any atom is 0.160 e. The molecule has 0 aliphatic carbocycles. The lowest BCUT2D eigenvalue weighted by molar-refractivity contribution is 0.129. The van der Waals surface area contributed by atoms with E-state index in [-0.39, 0.29) is 11.5 Å². The van der Waals surface area contributed by atoms with Crippen molar-refractivity contribution in [1.29, 1.82) is 0 Å². The van der Waals surface area contributed by atoms with Gasteiger partial charge in [0.15, 0.2) is 11.5 Å². The maximum atomic E-state index is 9.55. The van der Waals surface area contributed by atoms with E-state index in [4.69, 9.17) is 4.74 Å². The second-order valence-electron chi connectivity index (χ2n) is 3.85. The SMILES string of the molecule is CCCCOCCCc1cccc(O)c1O. The van der Waals surface area contributed by atoms with Crippen LogP contribution < -0.4 is 0 Å². The summed E-state index contributed by atoms with van der Waals surface area (Å²) in [6.07, 6.45) is 3.83. The Kier molecular flexibility index (Phi) is 5.72. The smallest absolute Gasteiger partial charge is 0.160 e. The van der Waals surface area contributed by atoms with Gasteiger partial charge in [0.25, 0.3) is 0 Å². The first-order valence-electron chi connectivity index (χ1n) is 5.83. The highest BCUT2D eigenvalue weighted by Gasteiger charge is 2.04. The Labute approximate surface area is 96.7 Å². The van der Waals surface area contributed by atoms with Gasteiger partial charge in [-0.1, -0.05) is 25.5 Å². The molecule has 3 nitrogen and oxygen atoms in total. The van der Waals surface area contributed by atoms with Crippen LogP contribution in [-0.4, -0.2) is 23.4 Å². The van der Waals surface area contributed by atoms with Gasteiger partial charge >= 0.3 is 0 Å². The quantitative estimate of drug-likeness (QED) is 0.553. The lowest BCUT2D eigenvalue weighted by Gasteiger charge is -2.06. The number of ether oxygens (including phenoxy) is 1. The highest BCUT2D eigenvalue weighted by molar-refractivity contribution is 5.44. The number of hydrogen-bond acceptors (Lipinski definition) is 3. The normalized spacial score (nSPS) is 10.6. The average Bonchev–Trinajstić information content (AvgIpc) is 2.29. The fourth-order valence-electron chi connectivity index (χ4n) is 1.49. The van der Waals surface area contributed by atoms with Gasteiger partial charge in [0.2, 0.25) is 0 Å². The van der Waals surface area contributed by atoms with E-state index in [2.05, 4.69) is 6.92 Å². The van der Waals surface area contributed by atoms with E-state index in [0.717, 1.165) is 37.9 Å². The third-order valence-corrected chi connectivity index (χ3v) is 2.48. The Morgan fingerprint density at radius 1 is 1.12 bits per heavy atom. The van der Waals surface area contributed by atoms with E-state index >= 15 is 0 Å². The molecule has 0 unspecified atom stereocenters. The van der Waals surface area contributed by atoms with Crippen molar-refractivity contribution in [1.82, 2.24) is 0 Å². The molecule has 90 valence electrons. The number of hydrogen-bond donors (Lipinski definition) is 2. The van der Waals surface area contributed by atoms with Crippen LogP contribution in [0.3, 0.4) is 0 Å². The Morgan fingerprint density at radius 2 is 1.88 bits per heavy atom.